The molecule has 28 heavy (non-hydrogen) atoms. The number of carboxylic acid groups (broad SMARTS) is 1. The van der Waals surface area contributed by atoms with E-state index in [0.717, 1.165) is 11.1 Å². The highest BCUT2D eigenvalue weighted by atomic mass is 35.5. The lowest BCUT2D eigenvalue weighted by Crippen LogP contribution is -2.13. The van der Waals surface area contributed by atoms with Crippen LogP contribution in [-0.4, -0.2) is 11.1 Å². The van der Waals surface area contributed by atoms with Crippen LogP contribution in [-0.2, 0) is 0 Å². The molecular formula is C23H20Cl2O3. The molecule has 1 N–H and O–H groups in total. The van der Waals surface area contributed by atoms with Crippen LogP contribution in [0.15, 0.2) is 72.8 Å². The van der Waals surface area contributed by atoms with Gasteiger partial charge in [0.05, 0.1) is 0 Å². The highest BCUT2D eigenvalue weighted by molar-refractivity contribution is 6.30. The Hall–Kier alpha value is -2.49. The second kappa shape index (κ2) is 9.13. The van der Waals surface area contributed by atoms with E-state index in [9.17, 15) is 9.90 Å². The van der Waals surface area contributed by atoms with Crippen LogP contribution < -0.4 is 4.74 Å². The van der Waals surface area contributed by atoms with E-state index in [-0.39, 0.29) is 17.6 Å². The zero-order valence-electron chi connectivity index (χ0n) is 15.3. The number of halogens is 2. The van der Waals surface area contributed by atoms with Gasteiger partial charge >= 0.3 is 5.97 Å². The van der Waals surface area contributed by atoms with Crippen LogP contribution in [0.4, 0.5) is 0 Å². The predicted octanol–water partition coefficient (Wildman–Crippen LogP) is 7.01. The second-order valence-electron chi connectivity index (χ2n) is 6.65. The summed E-state index contributed by atoms with van der Waals surface area (Å²) in [7, 11) is 0. The van der Waals surface area contributed by atoms with Crippen LogP contribution in [0.1, 0.15) is 46.9 Å². The van der Waals surface area contributed by atoms with Gasteiger partial charge in [0.2, 0.25) is 0 Å². The molecule has 0 aliphatic heterocycles. The van der Waals surface area contributed by atoms with Crippen LogP contribution in [0.5, 0.6) is 5.75 Å². The van der Waals surface area contributed by atoms with Crippen molar-refractivity contribution in [3.05, 3.63) is 99.5 Å². The fraction of sp³-hybridized carbons (Fsp3) is 0.174. The highest BCUT2D eigenvalue weighted by Gasteiger charge is 2.21. The van der Waals surface area contributed by atoms with Crippen LogP contribution in [0.3, 0.4) is 0 Å². The van der Waals surface area contributed by atoms with E-state index in [0.29, 0.717) is 22.2 Å². The van der Waals surface area contributed by atoms with E-state index >= 15 is 0 Å². The van der Waals surface area contributed by atoms with E-state index in [4.69, 9.17) is 27.9 Å². The number of hydrogen-bond donors (Lipinski definition) is 1. The van der Waals surface area contributed by atoms with Crippen molar-refractivity contribution in [2.24, 2.45) is 0 Å². The fourth-order valence-electron chi connectivity index (χ4n) is 3.08. The Labute approximate surface area is 174 Å². The monoisotopic (exact) mass is 414 g/mol. The summed E-state index contributed by atoms with van der Waals surface area (Å²) >= 11 is 12.0. The molecule has 0 aromatic heterocycles. The zero-order chi connectivity index (χ0) is 20.1. The molecule has 144 valence electrons. The van der Waals surface area contributed by atoms with Gasteiger partial charge in [-0.3, -0.25) is 0 Å². The van der Waals surface area contributed by atoms with Gasteiger partial charge in [-0.25, -0.2) is 4.79 Å². The number of aromatic carboxylic acids is 1. The summed E-state index contributed by atoms with van der Waals surface area (Å²) in [5.74, 6) is -0.496. The maximum atomic E-state index is 11.6. The van der Waals surface area contributed by atoms with E-state index in [1.165, 1.54) is 0 Å². The average molecular weight is 415 g/mol. The lowest BCUT2D eigenvalue weighted by Gasteiger charge is -2.24. The van der Waals surface area contributed by atoms with Crippen molar-refractivity contribution >= 4 is 29.2 Å². The number of benzene rings is 3. The molecule has 0 bridgehead atoms. The molecule has 0 heterocycles. The van der Waals surface area contributed by atoms with Crippen LogP contribution in [0, 0.1) is 0 Å². The van der Waals surface area contributed by atoms with Crippen LogP contribution in [0.25, 0.3) is 0 Å². The summed E-state index contributed by atoms with van der Waals surface area (Å²) in [6, 6.07) is 21.8. The smallest absolute Gasteiger partial charge is 0.339 e. The second-order valence-corrected chi connectivity index (χ2v) is 7.52. The molecule has 3 nitrogen and oxygen atoms in total. The number of ether oxygens (including phenoxy) is 1. The largest absolute Gasteiger partial charge is 0.485 e. The first kappa shape index (κ1) is 20.2. The van der Waals surface area contributed by atoms with Gasteiger partial charge in [0, 0.05) is 10.0 Å². The molecule has 0 aliphatic carbocycles. The van der Waals surface area contributed by atoms with Gasteiger partial charge in [-0.05, 0) is 59.9 Å². The molecule has 0 spiro atoms. The maximum Gasteiger partial charge on any atom is 0.339 e. The summed E-state index contributed by atoms with van der Waals surface area (Å²) in [4.78, 5) is 11.6. The Kier molecular flexibility index (Phi) is 6.61. The highest BCUT2D eigenvalue weighted by Crippen LogP contribution is 2.34. The standard InChI is InChI=1S/C23H20Cl2O3/c1-15(16-6-10-18(24)11-7-16)14-22(17-8-12-19(25)13-9-17)28-21-5-3-2-4-20(21)23(26)27/h2-13,15,22H,14H2,1H3,(H,26,27). The topological polar surface area (TPSA) is 46.5 Å². The Morgan fingerprint density at radius 1 is 0.893 bits per heavy atom. The first-order valence-corrected chi connectivity index (χ1v) is 9.69. The minimum Gasteiger partial charge on any atom is -0.485 e. The first-order chi connectivity index (χ1) is 13.4. The molecule has 3 aromatic carbocycles. The third kappa shape index (κ3) is 5.06. The van der Waals surface area contributed by atoms with Crippen molar-refractivity contribution in [3.8, 4) is 5.75 Å². The van der Waals surface area contributed by atoms with Crippen molar-refractivity contribution in [3.63, 3.8) is 0 Å². The predicted molar refractivity (Wildman–Crippen MR) is 113 cm³/mol. The minimum atomic E-state index is -1.02. The molecule has 0 saturated carbocycles. The van der Waals surface area contributed by atoms with Gasteiger partial charge < -0.3 is 9.84 Å². The minimum absolute atomic E-state index is 0.139. The summed E-state index contributed by atoms with van der Waals surface area (Å²) in [5.41, 5.74) is 2.21. The quantitative estimate of drug-likeness (QED) is 0.452. The maximum absolute atomic E-state index is 11.6. The van der Waals surface area contributed by atoms with Crippen molar-refractivity contribution < 1.29 is 14.6 Å². The average Bonchev–Trinajstić information content (AvgIpc) is 2.69. The molecule has 2 unspecified atom stereocenters. The fourth-order valence-corrected chi connectivity index (χ4v) is 3.33. The summed E-state index contributed by atoms with van der Waals surface area (Å²) in [6.45, 7) is 2.11. The van der Waals surface area contributed by atoms with Crippen LogP contribution >= 0.6 is 23.2 Å². The summed E-state index contributed by atoms with van der Waals surface area (Å²) in [5, 5.41) is 10.8. The molecule has 0 fully saturated rings. The van der Waals surface area contributed by atoms with E-state index in [2.05, 4.69) is 6.92 Å². The molecule has 3 rings (SSSR count). The van der Waals surface area contributed by atoms with Gasteiger partial charge in [-0.15, -0.1) is 0 Å². The first-order valence-electron chi connectivity index (χ1n) is 8.94. The molecule has 0 aliphatic rings. The van der Waals surface area contributed by atoms with Gasteiger partial charge in [0.15, 0.2) is 0 Å². The lowest BCUT2D eigenvalue weighted by molar-refractivity contribution is 0.0688. The van der Waals surface area contributed by atoms with Crippen LogP contribution in [0.2, 0.25) is 10.0 Å². The van der Waals surface area contributed by atoms with Gasteiger partial charge in [-0.2, -0.15) is 0 Å². The summed E-state index contributed by atoms with van der Waals surface area (Å²) < 4.78 is 6.20. The molecule has 0 radical (unpaired) electrons. The molecule has 2 atom stereocenters. The molecular weight excluding hydrogens is 395 g/mol. The zero-order valence-corrected chi connectivity index (χ0v) is 16.8. The number of para-hydroxylation sites is 1. The van der Waals surface area contributed by atoms with Crippen molar-refractivity contribution in [1.29, 1.82) is 0 Å². The van der Waals surface area contributed by atoms with E-state index in [1.807, 2.05) is 48.5 Å². The third-order valence-corrected chi connectivity index (χ3v) is 5.14. The third-order valence-electron chi connectivity index (χ3n) is 4.64. The number of carbonyl (C=O) groups is 1. The molecule has 0 saturated heterocycles. The van der Waals surface area contributed by atoms with Crippen molar-refractivity contribution in [2.75, 3.05) is 0 Å². The molecule has 5 heteroatoms. The normalized spacial score (nSPS) is 13.0. The number of rotatable bonds is 7. The van der Waals surface area contributed by atoms with Gasteiger partial charge in [0.25, 0.3) is 0 Å². The Morgan fingerprint density at radius 3 is 2.00 bits per heavy atom. The molecule has 3 aromatic rings. The van der Waals surface area contributed by atoms with Gasteiger partial charge in [-0.1, -0.05) is 66.5 Å². The number of hydrogen-bond acceptors (Lipinski definition) is 2. The van der Waals surface area contributed by atoms with Crippen molar-refractivity contribution in [2.45, 2.75) is 25.4 Å². The number of carboxylic acids is 1. The Balaban J connectivity index is 1.90. The summed E-state index contributed by atoms with van der Waals surface area (Å²) in [6.07, 6.45) is 0.334. The van der Waals surface area contributed by atoms with Gasteiger partial charge in [0.1, 0.15) is 17.4 Å². The Morgan fingerprint density at radius 2 is 1.43 bits per heavy atom. The Bertz CT molecular complexity index is 937. The van der Waals surface area contributed by atoms with E-state index in [1.54, 1.807) is 24.3 Å². The van der Waals surface area contributed by atoms with Crippen molar-refractivity contribution in [1.82, 2.24) is 0 Å². The lowest BCUT2D eigenvalue weighted by atomic mass is 9.92. The molecule has 0 amide bonds. The van der Waals surface area contributed by atoms with E-state index < -0.39 is 5.97 Å². The SMILES string of the molecule is CC(CC(Oc1ccccc1C(=O)O)c1ccc(Cl)cc1)c1ccc(Cl)cc1.